The standard InChI is InChI=1S/C11H15NO2/c1-2-8-4-3-5-9(6-8)11(14)10(13)7-12/h3-6,10,13H,2,7,12H2,1H3. The van der Waals surface area contributed by atoms with Gasteiger partial charge in [0.1, 0.15) is 6.10 Å². The van der Waals surface area contributed by atoms with Gasteiger partial charge in [0.05, 0.1) is 0 Å². The zero-order valence-corrected chi connectivity index (χ0v) is 8.23. The summed E-state index contributed by atoms with van der Waals surface area (Å²) in [5, 5.41) is 9.27. The van der Waals surface area contributed by atoms with Crippen molar-refractivity contribution in [2.45, 2.75) is 19.4 Å². The molecule has 3 N–H and O–H groups in total. The molecule has 0 radical (unpaired) electrons. The number of rotatable bonds is 4. The molecule has 76 valence electrons. The van der Waals surface area contributed by atoms with E-state index in [0.29, 0.717) is 5.56 Å². The lowest BCUT2D eigenvalue weighted by Gasteiger charge is -2.07. The van der Waals surface area contributed by atoms with E-state index in [0.717, 1.165) is 12.0 Å². The topological polar surface area (TPSA) is 63.3 Å². The van der Waals surface area contributed by atoms with Crippen molar-refractivity contribution in [3.05, 3.63) is 35.4 Å². The van der Waals surface area contributed by atoms with Crippen molar-refractivity contribution in [3.63, 3.8) is 0 Å². The molecule has 1 rings (SSSR count). The Morgan fingerprint density at radius 2 is 2.29 bits per heavy atom. The molecule has 0 spiro atoms. The molecule has 3 heteroatoms. The Balaban J connectivity index is 2.90. The lowest BCUT2D eigenvalue weighted by Crippen LogP contribution is -2.29. The number of carbonyl (C=O) groups is 1. The van der Waals surface area contributed by atoms with E-state index in [9.17, 15) is 9.90 Å². The summed E-state index contributed by atoms with van der Waals surface area (Å²) in [7, 11) is 0. The van der Waals surface area contributed by atoms with E-state index >= 15 is 0 Å². The Hall–Kier alpha value is -1.19. The summed E-state index contributed by atoms with van der Waals surface area (Å²) in [5.41, 5.74) is 6.82. The Bertz CT molecular complexity index is 323. The first-order valence-electron chi connectivity index (χ1n) is 4.70. The zero-order valence-electron chi connectivity index (χ0n) is 8.23. The molecule has 0 saturated carbocycles. The van der Waals surface area contributed by atoms with Crippen molar-refractivity contribution in [1.82, 2.24) is 0 Å². The predicted molar refractivity (Wildman–Crippen MR) is 55.2 cm³/mol. The van der Waals surface area contributed by atoms with Crippen LogP contribution in [0.15, 0.2) is 24.3 Å². The molecule has 0 fully saturated rings. The minimum atomic E-state index is -1.08. The number of aryl methyl sites for hydroxylation is 1. The molecule has 0 aliphatic rings. The van der Waals surface area contributed by atoms with Crippen LogP contribution in [-0.4, -0.2) is 23.5 Å². The first kappa shape index (κ1) is 10.9. The fourth-order valence-corrected chi connectivity index (χ4v) is 1.24. The van der Waals surface area contributed by atoms with Gasteiger partial charge in [0.2, 0.25) is 0 Å². The van der Waals surface area contributed by atoms with Gasteiger partial charge in [-0.15, -0.1) is 0 Å². The number of aliphatic hydroxyl groups excluding tert-OH is 1. The van der Waals surface area contributed by atoms with E-state index in [1.807, 2.05) is 19.1 Å². The summed E-state index contributed by atoms with van der Waals surface area (Å²) in [6.07, 6.45) is -0.207. The summed E-state index contributed by atoms with van der Waals surface area (Å²) in [6, 6.07) is 7.25. The van der Waals surface area contributed by atoms with Crippen LogP contribution in [0, 0.1) is 0 Å². The molecule has 1 aromatic rings. The predicted octanol–water partition coefficient (Wildman–Crippen LogP) is 0.751. The highest BCUT2D eigenvalue weighted by Gasteiger charge is 2.14. The number of Topliss-reactive ketones (excluding diaryl/α,β-unsaturated/α-hetero) is 1. The summed E-state index contributed by atoms with van der Waals surface area (Å²) < 4.78 is 0. The summed E-state index contributed by atoms with van der Waals surface area (Å²) >= 11 is 0. The van der Waals surface area contributed by atoms with Gasteiger partial charge in [0, 0.05) is 12.1 Å². The van der Waals surface area contributed by atoms with E-state index in [4.69, 9.17) is 5.73 Å². The van der Waals surface area contributed by atoms with Crippen molar-refractivity contribution < 1.29 is 9.90 Å². The van der Waals surface area contributed by atoms with E-state index in [1.165, 1.54) is 0 Å². The molecule has 0 saturated heterocycles. The fraction of sp³-hybridized carbons (Fsp3) is 0.364. The van der Waals surface area contributed by atoms with Crippen LogP contribution in [-0.2, 0) is 6.42 Å². The van der Waals surface area contributed by atoms with Gasteiger partial charge in [-0.3, -0.25) is 4.79 Å². The quantitative estimate of drug-likeness (QED) is 0.694. The van der Waals surface area contributed by atoms with Crippen LogP contribution in [0.4, 0.5) is 0 Å². The second-order valence-electron chi connectivity index (χ2n) is 3.17. The monoisotopic (exact) mass is 193 g/mol. The number of benzene rings is 1. The SMILES string of the molecule is CCc1cccc(C(=O)C(O)CN)c1. The van der Waals surface area contributed by atoms with Gasteiger partial charge in [-0.25, -0.2) is 0 Å². The smallest absolute Gasteiger partial charge is 0.192 e. The highest BCUT2D eigenvalue weighted by molar-refractivity contribution is 5.99. The van der Waals surface area contributed by atoms with Gasteiger partial charge in [-0.1, -0.05) is 25.1 Å². The van der Waals surface area contributed by atoms with Crippen molar-refractivity contribution in [1.29, 1.82) is 0 Å². The van der Waals surface area contributed by atoms with Crippen LogP contribution in [0.1, 0.15) is 22.8 Å². The molecule has 0 bridgehead atoms. The molecule has 1 unspecified atom stereocenters. The molecule has 3 nitrogen and oxygen atoms in total. The van der Waals surface area contributed by atoms with Crippen molar-refractivity contribution in [2.24, 2.45) is 5.73 Å². The van der Waals surface area contributed by atoms with Crippen molar-refractivity contribution in [2.75, 3.05) is 6.54 Å². The van der Waals surface area contributed by atoms with Gasteiger partial charge >= 0.3 is 0 Å². The van der Waals surface area contributed by atoms with Crippen LogP contribution in [0.5, 0.6) is 0 Å². The molecule has 0 amide bonds. The van der Waals surface area contributed by atoms with Crippen molar-refractivity contribution >= 4 is 5.78 Å². The zero-order chi connectivity index (χ0) is 10.6. The van der Waals surface area contributed by atoms with E-state index in [2.05, 4.69) is 0 Å². The fourth-order valence-electron chi connectivity index (χ4n) is 1.24. The summed E-state index contributed by atoms with van der Waals surface area (Å²) in [4.78, 5) is 11.5. The average molecular weight is 193 g/mol. The van der Waals surface area contributed by atoms with Crippen molar-refractivity contribution in [3.8, 4) is 0 Å². The lowest BCUT2D eigenvalue weighted by atomic mass is 10.0. The van der Waals surface area contributed by atoms with Crippen LogP contribution >= 0.6 is 0 Å². The van der Waals surface area contributed by atoms with E-state index in [1.54, 1.807) is 12.1 Å². The summed E-state index contributed by atoms with van der Waals surface area (Å²) in [5.74, 6) is -0.303. The molecule has 0 aliphatic heterocycles. The number of hydrogen-bond donors (Lipinski definition) is 2. The Kier molecular flexibility index (Phi) is 3.80. The third-order valence-corrected chi connectivity index (χ3v) is 2.15. The minimum Gasteiger partial charge on any atom is -0.384 e. The largest absolute Gasteiger partial charge is 0.384 e. The highest BCUT2D eigenvalue weighted by Crippen LogP contribution is 2.08. The first-order valence-corrected chi connectivity index (χ1v) is 4.70. The Morgan fingerprint density at radius 1 is 1.57 bits per heavy atom. The van der Waals surface area contributed by atoms with E-state index < -0.39 is 6.10 Å². The van der Waals surface area contributed by atoms with Gasteiger partial charge in [0.15, 0.2) is 5.78 Å². The number of hydrogen-bond acceptors (Lipinski definition) is 3. The van der Waals surface area contributed by atoms with Crippen LogP contribution in [0.2, 0.25) is 0 Å². The molecule has 0 heterocycles. The highest BCUT2D eigenvalue weighted by atomic mass is 16.3. The average Bonchev–Trinajstić information content (AvgIpc) is 2.27. The van der Waals surface area contributed by atoms with Gasteiger partial charge in [0.25, 0.3) is 0 Å². The number of aliphatic hydroxyl groups is 1. The maximum Gasteiger partial charge on any atom is 0.192 e. The van der Waals surface area contributed by atoms with Gasteiger partial charge in [-0.05, 0) is 18.1 Å². The maximum absolute atomic E-state index is 11.5. The van der Waals surface area contributed by atoms with Gasteiger partial charge < -0.3 is 10.8 Å². The van der Waals surface area contributed by atoms with Crippen LogP contribution in [0.3, 0.4) is 0 Å². The molecule has 1 aromatic carbocycles. The van der Waals surface area contributed by atoms with Crippen LogP contribution in [0.25, 0.3) is 0 Å². The number of ketones is 1. The number of carbonyl (C=O) groups excluding carboxylic acids is 1. The first-order chi connectivity index (χ1) is 6.69. The normalized spacial score (nSPS) is 12.5. The van der Waals surface area contributed by atoms with Crippen LogP contribution < -0.4 is 5.73 Å². The third-order valence-electron chi connectivity index (χ3n) is 2.15. The third kappa shape index (κ3) is 2.40. The minimum absolute atomic E-state index is 0.0326. The Labute approximate surface area is 83.6 Å². The maximum atomic E-state index is 11.5. The lowest BCUT2D eigenvalue weighted by molar-refractivity contribution is 0.0763. The molecule has 0 aliphatic carbocycles. The molecular formula is C11H15NO2. The second kappa shape index (κ2) is 4.88. The molecular weight excluding hydrogens is 178 g/mol. The molecule has 14 heavy (non-hydrogen) atoms. The van der Waals surface area contributed by atoms with Gasteiger partial charge in [-0.2, -0.15) is 0 Å². The molecule has 0 aromatic heterocycles. The van der Waals surface area contributed by atoms with E-state index in [-0.39, 0.29) is 12.3 Å². The number of nitrogens with two attached hydrogens (primary N) is 1. The Morgan fingerprint density at radius 3 is 2.86 bits per heavy atom. The molecule has 1 atom stereocenters. The second-order valence-corrected chi connectivity index (χ2v) is 3.17. The summed E-state index contributed by atoms with van der Waals surface area (Å²) in [6.45, 7) is 1.98.